The minimum Gasteiger partial charge on any atom is -0.496 e. The zero-order valence-corrected chi connectivity index (χ0v) is 27.5. The molecule has 0 unspecified atom stereocenters. The summed E-state index contributed by atoms with van der Waals surface area (Å²) >= 11 is 0. The molecule has 3 rings (SSSR count). The Morgan fingerprint density at radius 1 is 1.14 bits per heavy atom. The molecule has 0 aliphatic carbocycles. The summed E-state index contributed by atoms with van der Waals surface area (Å²) in [5.74, 6) is -0.522. The minimum atomic E-state index is -3.59. The van der Waals surface area contributed by atoms with Crippen LogP contribution in [-0.4, -0.2) is 46.3 Å². The number of H-pyrrole nitrogens is 1. The molecule has 0 radical (unpaired) electrons. The molecule has 0 amide bonds. The standard InChI is InChI=1S/C30H40FN3O6SSi/c1-11-21-23(19-13-12-14-20(17-19)33-41(8,37)38)27(39-7)24(30(5,6)18-40-42(9,10)29(2,3)4)26(25(21)31)34-16-15-22(35)32-28(34)36/h11-17,33H,1,18H2,2-10H3,(H,32,35,36). The average molecular weight is 618 g/mol. The molecule has 3 aromatic rings. The van der Waals surface area contributed by atoms with Crippen LogP contribution in [0.5, 0.6) is 5.75 Å². The van der Waals surface area contributed by atoms with Gasteiger partial charge in [-0.3, -0.25) is 19.1 Å². The number of rotatable bonds is 10. The lowest BCUT2D eigenvalue weighted by Crippen LogP contribution is -2.44. The van der Waals surface area contributed by atoms with E-state index in [0.29, 0.717) is 16.7 Å². The lowest BCUT2D eigenvalue weighted by Gasteiger charge is -2.40. The molecule has 0 atom stereocenters. The van der Waals surface area contributed by atoms with Crippen molar-refractivity contribution < 1.29 is 22.0 Å². The van der Waals surface area contributed by atoms with Crippen molar-refractivity contribution in [1.82, 2.24) is 9.55 Å². The number of methoxy groups -OCH3 is 1. The Balaban J connectivity index is 2.48. The van der Waals surface area contributed by atoms with Crippen molar-refractivity contribution in [3.63, 3.8) is 0 Å². The molecule has 2 N–H and O–H groups in total. The monoisotopic (exact) mass is 617 g/mol. The van der Waals surface area contributed by atoms with Crippen molar-refractivity contribution in [2.45, 2.75) is 58.2 Å². The third kappa shape index (κ3) is 6.77. The molecular weight excluding hydrogens is 577 g/mol. The summed E-state index contributed by atoms with van der Waals surface area (Å²) < 4.78 is 56.7. The largest absolute Gasteiger partial charge is 0.496 e. The number of hydrogen-bond donors (Lipinski definition) is 2. The molecule has 1 aromatic heterocycles. The van der Waals surface area contributed by atoms with Crippen LogP contribution in [0, 0.1) is 5.82 Å². The Morgan fingerprint density at radius 3 is 2.31 bits per heavy atom. The Bertz CT molecular complexity index is 1740. The van der Waals surface area contributed by atoms with Crippen LogP contribution in [0.15, 0.2) is 52.7 Å². The van der Waals surface area contributed by atoms with Crippen LogP contribution < -0.4 is 20.7 Å². The van der Waals surface area contributed by atoms with E-state index in [0.717, 1.165) is 16.9 Å². The predicted molar refractivity (Wildman–Crippen MR) is 169 cm³/mol. The zero-order chi connectivity index (χ0) is 31.8. The molecule has 42 heavy (non-hydrogen) atoms. The highest BCUT2D eigenvalue weighted by Crippen LogP contribution is 2.48. The molecule has 1 heterocycles. The third-order valence-electron chi connectivity index (χ3n) is 7.61. The van der Waals surface area contributed by atoms with E-state index in [2.05, 4.69) is 50.2 Å². The molecule has 0 spiro atoms. The van der Waals surface area contributed by atoms with E-state index in [1.807, 2.05) is 13.8 Å². The summed E-state index contributed by atoms with van der Waals surface area (Å²) in [6.45, 7) is 18.3. The van der Waals surface area contributed by atoms with Gasteiger partial charge in [0.15, 0.2) is 14.1 Å². The van der Waals surface area contributed by atoms with Crippen LogP contribution in [0.1, 0.15) is 45.7 Å². The highest BCUT2D eigenvalue weighted by Gasteiger charge is 2.41. The molecule has 12 heteroatoms. The number of aromatic nitrogens is 2. The molecule has 0 bridgehead atoms. The molecule has 9 nitrogen and oxygen atoms in total. The van der Waals surface area contributed by atoms with Crippen molar-refractivity contribution in [2.24, 2.45) is 0 Å². The van der Waals surface area contributed by atoms with Gasteiger partial charge in [0, 0.05) is 46.7 Å². The van der Waals surface area contributed by atoms with Crippen molar-refractivity contribution in [3.8, 4) is 22.6 Å². The highest BCUT2D eigenvalue weighted by atomic mass is 32.2. The maximum Gasteiger partial charge on any atom is 0.333 e. The van der Waals surface area contributed by atoms with Gasteiger partial charge in [0.2, 0.25) is 10.0 Å². The normalized spacial score (nSPS) is 12.7. The number of nitrogens with one attached hydrogen (secondary N) is 2. The topological polar surface area (TPSA) is 119 Å². The van der Waals surface area contributed by atoms with E-state index in [1.165, 1.54) is 19.4 Å². The number of benzene rings is 2. The van der Waals surface area contributed by atoms with E-state index in [4.69, 9.17) is 9.16 Å². The number of hydrogen-bond acceptors (Lipinski definition) is 6. The van der Waals surface area contributed by atoms with Gasteiger partial charge in [0.25, 0.3) is 5.56 Å². The molecule has 0 aliphatic heterocycles. The summed E-state index contributed by atoms with van der Waals surface area (Å²) in [4.78, 5) is 27.1. The fourth-order valence-corrected chi connectivity index (χ4v) is 6.14. The van der Waals surface area contributed by atoms with Gasteiger partial charge < -0.3 is 9.16 Å². The number of halogens is 1. The highest BCUT2D eigenvalue weighted by molar-refractivity contribution is 7.92. The Hall–Kier alpha value is -3.48. The van der Waals surface area contributed by atoms with Crippen LogP contribution in [0.25, 0.3) is 22.9 Å². The van der Waals surface area contributed by atoms with Crippen LogP contribution in [0.4, 0.5) is 10.1 Å². The second-order valence-electron chi connectivity index (χ2n) is 12.4. The lowest BCUT2D eigenvalue weighted by atomic mass is 9.80. The molecule has 228 valence electrons. The first kappa shape index (κ1) is 33.0. The summed E-state index contributed by atoms with van der Waals surface area (Å²) in [5.41, 5.74) is -1.08. The van der Waals surface area contributed by atoms with Crippen LogP contribution >= 0.6 is 0 Å². The zero-order valence-electron chi connectivity index (χ0n) is 25.6. The molecule has 0 saturated carbocycles. The van der Waals surface area contributed by atoms with Crippen LogP contribution in [-0.2, 0) is 19.9 Å². The second kappa shape index (κ2) is 11.7. The fourth-order valence-electron chi connectivity index (χ4n) is 4.43. The van der Waals surface area contributed by atoms with Gasteiger partial charge >= 0.3 is 5.69 Å². The second-order valence-corrected chi connectivity index (χ2v) is 19.0. The molecule has 0 fully saturated rings. The van der Waals surface area contributed by atoms with Gasteiger partial charge in [0.1, 0.15) is 5.75 Å². The molecule has 0 aliphatic rings. The number of anilines is 1. The van der Waals surface area contributed by atoms with E-state index in [1.54, 1.807) is 24.3 Å². The molecule has 2 aromatic carbocycles. The molecule has 0 saturated heterocycles. The van der Waals surface area contributed by atoms with E-state index in [-0.39, 0.29) is 34.3 Å². The van der Waals surface area contributed by atoms with Crippen molar-refractivity contribution >= 4 is 30.1 Å². The number of sulfonamides is 1. The third-order valence-corrected chi connectivity index (χ3v) is 12.7. The van der Waals surface area contributed by atoms with Crippen molar-refractivity contribution in [1.29, 1.82) is 0 Å². The maximum atomic E-state index is 16.8. The SMILES string of the molecule is C=Cc1c(F)c(-n2ccc(=O)[nH]c2=O)c(C(C)(C)CO[Si](C)(C)C(C)(C)C)c(OC)c1-c1cccc(NS(C)(=O)=O)c1. The van der Waals surface area contributed by atoms with Gasteiger partial charge in [-0.1, -0.05) is 59.4 Å². The fraction of sp³-hybridized carbons (Fsp3) is 0.400. The van der Waals surface area contributed by atoms with E-state index >= 15 is 4.39 Å². The van der Waals surface area contributed by atoms with Crippen molar-refractivity contribution in [3.05, 3.63) is 80.9 Å². The lowest BCUT2D eigenvalue weighted by molar-refractivity contribution is 0.216. The number of aromatic amines is 1. The predicted octanol–water partition coefficient (Wildman–Crippen LogP) is 5.65. The summed E-state index contributed by atoms with van der Waals surface area (Å²) in [7, 11) is -4.41. The smallest absolute Gasteiger partial charge is 0.333 e. The quantitative estimate of drug-likeness (QED) is 0.284. The first-order chi connectivity index (χ1) is 19.2. The first-order valence-electron chi connectivity index (χ1n) is 13.3. The average Bonchev–Trinajstić information content (AvgIpc) is 2.85. The van der Waals surface area contributed by atoms with Gasteiger partial charge in [0.05, 0.1) is 19.1 Å². The van der Waals surface area contributed by atoms with E-state index in [9.17, 15) is 18.0 Å². The first-order valence-corrected chi connectivity index (χ1v) is 18.1. The summed E-state index contributed by atoms with van der Waals surface area (Å²) in [6.07, 6.45) is 3.57. The summed E-state index contributed by atoms with van der Waals surface area (Å²) in [6, 6.07) is 7.62. The van der Waals surface area contributed by atoms with Gasteiger partial charge in [-0.15, -0.1) is 0 Å². The number of nitrogens with zero attached hydrogens (tertiary/aromatic N) is 1. The summed E-state index contributed by atoms with van der Waals surface area (Å²) in [5, 5.41) is -0.0952. The van der Waals surface area contributed by atoms with Crippen LogP contribution in [0.2, 0.25) is 18.1 Å². The van der Waals surface area contributed by atoms with Gasteiger partial charge in [-0.25, -0.2) is 17.6 Å². The van der Waals surface area contributed by atoms with Crippen molar-refractivity contribution in [2.75, 3.05) is 24.7 Å². The Kier molecular flexibility index (Phi) is 9.16. The Morgan fingerprint density at radius 2 is 1.79 bits per heavy atom. The van der Waals surface area contributed by atoms with Gasteiger partial charge in [-0.05, 0) is 35.8 Å². The number of ether oxygens (including phenoxy) is 1. The molecular formula is C30H40FN3O6SSi. The maximum absolute atomic E-state index is 16.8. The minimum absolute atomic E-state index is 0.0290. The van der Waals surface area contributed by atoms with Gasteiger partial charge in [-0.2, -0.15) is 0 Å². The van der Waals surface area contributed by atoms with Crippen LogP contribution in [0.3, 0.4) is 0 Å². The van der Waals surface area contributed by atoms with E-state index < -0.39 is 40.8 Å². The Labute approximate surface area is 247 Å².